The first-order chi connectivity index (χ1) is 9.25. The summed E-state index contributed by atoms with van der Waals surface area (Å²) in [4.78, 5) is 11.8. The van der Waals surface area contributed by atoms with Crippen molar-refractivity contribution in [2.24, 2.45) is 0 Å². The first kappa shape index (κ1) is 14.1. The van der Waals surface area contributed by atoms with Gasteiger partial charge in [0.25, 0.3) is 0 Å². The molecule has 19 heavy (non-hydrogen) atoms. The van der Waals surface area contributed by atoms with Crippen molar-refractivity contribution in [2.45, 2.75) is 45.1 Å². The summed E-state index contributed by atoms with van der Waals surface area (Å²) in [6, 6.07) is 8.74. The van der Waals surface area contributed by atoms with Crippen molar-refractivity contribution in [1.29, 1.82) is 0 Å². The van der Waals surface area contributed by atoms with Crippen LogP contribution in [0.5, 0.6) is 0 Å². The Morgan fingerprint density at radius 3 is 2.95 bits per heavy atom. The zero-order valence-corrected chi connectivity index (χ0v) is 11.7. The van der Waals surface area contributed by atoms with Gasteiger partial charge in [-0.1, -0.05) is 30.7 Å². The fourth-order valence-corrected chi connectivity index (χ4v) is 2.56. The molecule has 1 heterocycles. The number of carbonyl (C=O) groups is 1. The van der Waals surface area contributed by atoms with E-state index in [2.05, 4.69) is 29.7 Å². The van der Waals surface area contributed by atoms with E-state index in [-0.39, 0.29) is 5.91 Å². The normalized spacial score (nSPS) is 19.1. The molecular weight excluding hydrogens is 236 g/mol. The number of piperidine rings is 1. The summed E-state index contributed by atoms with van der Waals surface area (Å²) in [7, 11) is 0. The summed E-state index contributed by atoms with van der Waals surface area (Å²) in [5, 5.41) is 6.48. The van der Waals surface area contributed by atoms with E-state index < -0.39 is 0 Å². The molecule has 0 spiro atoms. The molecule has 1 aromatic rings. The van der Waals surface area contributed by atoms with Crippen LogP contribution in [0.4, 0.5) is 0 Å². The van der Waals surface area contributed by atoms with Crippen LogP contribution in [0, 0.1) is 6.92 Å². The van der Waals surface area contributed by atoms with Gasteiger partial charge in [-0.05, 0) is 43.9 Å². The number of aryl methyl sites for hydroxylation is 2. The zero-order chi connectivity index (χ0) is 13.5. The van der Waals surface area contributed by atoms with Crippen LogP contribution in [0.25, 0.3) is 0 Å². The van der Waals surface area contributed by atoms with Crippen LogP contribution in [-0.4, -0.2) is 25.0 Å². The monoisotopic (exact) mass is 260 g/mol. The Bertz CT molecular complexity index is 411. The summed E-state index contributed by atoms with van der Waals surface area (Å²) in [5.74, 6) is 0.163. The number of rotatable bonds is 5. The summed E-state index contributed by atoms with van der Waals surface area (Å²) in [5.41, 5.74) is 2.54. The van der Waals surface area contributed by atoms with Gasteiger partial charge in [-0.15, -0.1) is 0 Å². The second-order valence-electron chi connectivity index (χ2n) is 5.38. The van der Waals surface area contributed by atoms with Gasteiger partial charge in [-0.2, -0.15) is 0 Å². The van der Waals surface area contributed by atoms with E-state index in [4.69, 9.17) is 0 Å². The van der Waals surface area contributed by atoms with Crippen LogP contribution in [0.1, 0.15) is 36.8 Å². The third-order valence-corrected chi connectivity index (χ3v) is 3.84. The molecule has 2 rings (SSSR count). The van der Waals surface area contributed by atoms with Crippen molar-refractivity contribution >= 4 is 5.91 Å². The van der Waals surface area contributed by atoms with Crippen molar-refractivity contribution < 1.29 is 4.79 Å². The highest BCUT2D eigenvalue weighted by Crippen LogP contribution is 2.09. The topological polar surface area (TPSA) is 41.1 Å². The molecule has 0 radical (unpaired) electrons. The molecule has 0 aliphatic carbocycles. The first-order valence-corrected chi connectivity index (χ1v) is 7.30. The van der Waals surface area contributed by atoms with E-state index in [9.17, 15) is 4.79 Å². The highest BCUT2D eigenvalue weighted by molar-refractivity contribution is 5.76. The highest BCUT2D eigenvalue weighted by atomic mass is 16.1. The van der Waals surface area contributed by atoms with E-state index in [0.29, 0.717) is 12.5 Å². The number of benzene rings is 1. The van der Waals surface area contributed by atoms with Gasteiger partial charge in [-0.3, -0.25) is 4.79 Å². The summed E-state index contributed by atoms with van der Waals surface area (Å²) < 4.78 is 0. The summed E-state index contributed by atoms with van der Waals surface area (Å²) in [6.45, 7) is 3.95. The molecule has 1 atom stereocenters. The smallest absolute Gasteiger partial charge is 0.220 e. The Labute approximate surface area is 115 Å². The molecular formula is C16H24N2O. The minimum absolute atomic E-state index is 0.163. The Balaban J connectivity index is 1.68. The number of carbonyl (C=O) groups excluding carboxylic acids is 1. The minimum Gasteiger partial charge on any atom is -0.355 e. The van der Waals surface area contributed by atoms with Gasteiger partial charge >= 0.3 is 0 Å². The van der Waals surface area contributed by atoms with E-state index in [1.165, 1.54) is 30.4 Å². The molecule has 2 N–H and O–H groups in total. The van der Waals surface area contributed by atoms with Gasteiger partial charge in [0.15, 0.2) is 0 Å². The van der Waals surface area contributed by atoms with Gasteiger partial charge in [-0.25, -0.2) is 0 Å². The van der Waals surface area contributed by atoms with Crippen LogP contribution in [0.15, 0.2) is 24.3 Å². The number of hydrogen-bond donors (Lipinski definition) is 2. The largest absolute Gasteiger partial charge is 0.355 e. The highest BCUT2D eigenvalue weighted by Gasteiger charge is 2.13. The van der Waals surface area contributed by atoms with Crippen molar-refractivity contribution in [3.63, 3.8) is 0 Å². The first-order valence-electron chi connectivity index (χ1n) is 7.30. The third-order valence-electron chi connectivity index (χ3n) is 3.84. The molecule has 1 aliphatic rings. The predicted molar refractivity (Wildman–Crippen MR) is 78.2 cm³/mol. The molecule has 1 fully saturated rings. The maximum absolute atomic E-state index is 11.8. The molecule has 3 nitrogen and oxygen atoms in total. The molecule has 3 heteroatoms. The van der Waals surface area contributed by atoms with Crippen molar-refractivity contribution in [2.75, 3.05) is 13.1 Å². The van der Waals surface area contributed by atoms with Gasteiger partial charge in [0, 0.05) is 19.0 Å². The van der Waals surface area contributed by atoms with E-state index in [1.54, 1.807) is 0 Å². The maximum Gasteiger partial charge on any atom is 0.220 e. The molecule has 1 saturated heterocycles. The zero-order valence-electron chi connectivity index (χ0n) is 11.7. The van der Waals surface area contributed by atoms with Gasteiger partial charge in [0.1, 0.15) is 0 Å². The average Bonchev–Trinajstić information content (AvgIpc) is 2.45. The lowest BCUT2D eigenvalue weighted by Crippen LogP contribution is -2.43. The Kier molecular flexibility index (Phi) is 5.40. The second-order valence-corrected chi connectivity index (χ2v) is 5.38. The van der Waals surface area contributed by atoms with Crippen LogP contribution >= 0.6 is 0 Å². The summed E-state index contributed by atoms with van der Waals surface area (Å²) >= 11 is 0. The second kappa shape index (κ2) is 7.29. The van der Waals surface area contributed by atoms with E-state index >= 15 is 0 Å². The van der Waals surface area contributed by atoms with Crippen molar-refractivity contribution in [3.05, 3.63) is 35.4 Å². The van der Waals surface area contributed by atoms with Crippen molar-refractivity contribution in [3.8, 4) is 0 Å². The number of amides is 1. The summed E-state index contributed by atoms with van der Waals surface area (Å²) in [6.07, 6.45) is 5.13. The predicted octanol–water partition coefficient (Wildman–Crippen LogP) is 2.19. The maximum atomic E-state index is 11.8. The van der Waals surface area contributed by atoms with Crippen LogP contribution < -0.4 is 10.6 Å². The van der Waals surface area contributed by atoms with Gasteiger partial charge in [0.2, 0.25) is 5.91 Å². The van der Waals surface area contributed by atoms with Gasteiger partial charge in [0.05, 0.1) is 0 Å². The molecule has 0 bridgehead atoms. The fraction of sp³-hybridized carbons (Fsp3) is 0.562. The van der Waals surface area contributed by atoms with Gasteiger partial charge < -0.3 is 10.6 Å². The van der Waals surface area contributed by atoms with Crippen LogP contribution in [-0.2, 0) is 11.2 Å². The lowest BCUT2D eigenvalue weighted by Gasteiger charge is -2.23. The molecule has 104 valence electrons. The quantitative estimate of drug-likeness (QED) is 0.852. The average molecular weight is 260 g/mol. The Morgan fingerprint density at radius 2 is 2.21 bits per heavy atom. The van der Waals surface area contributed by atoms with E-state index in [0.717, 1.165) is 19.5 Å². The fourth-order valence-electron chi connectivity index (χ4n) is 2.56. The lowest BCUT2D eigenvalue weighted by molar-refractivity contribution is -0.121. The third kappa shape index (κ3) is 4.67. The Hall–Kier alpha value is -1.35. The van der Waals surface area contributed by atoms with Crippen molar-refractivity contribution in [1.82, 2.24) is 10.6 Å². The number of nitrogens with one attached hydrogen (secondary N) is 2. The Morgan fingerprint density at radius 1 is 1.37 bits per heavy atom. The standard InChI is InChI=1S/C16H24N2O/c1-13-6-2-3-7-14(13)9-10-16(19)18-12-15-8-4-5-11-17-15/h2-3,6-7,15,17H,4-5,8-12H2,1H3,(H,18,19). The molecule has 1 amide bonds. The molecule has 0 saturated carbocycles. The van der Waals surface area contributed by atoms with E-state index in [1.807, 2.05) is 12.1 Å². The minimum atomic E-state index is 0.163. The van der Waals surface area contributed by atoms with Crippen LogP contribution in [0.2, 0.25) is 0 Å². The van der Waals surface area contributed by atoms with Crippen LogP contribution in [0.3, 0.4) is 0 Å². The number of hydrogen-bond acceptors (Lipinski definition) is 2. The molecule has 1 aromatic carbocycles. The lowest BCUT2D eigenvalue weighted by atomic mass is 10.0. The molecule has 0 aromatic heterocycles. The molecule has 1 unspecified atom stereocenters. The molecule has 1 aliphatic heterocycles. The SMILES string of the molecule is Cc1ccccc1CCC(=O)NCC1CCCCN1.